The molecule has 2 nitrogen and oxygen atoms in total. The van der Waals surface area contributed by atoms with Crippen molar-refractivity contribution in [3.8, 4) is 0 Å². The van der Waals surface area contributed by atoms with Gasteiger partial charge in [-0.1, -0.05) is 75.8 Å². The summed E-state index contributed by atoms with van der Waals surface area (Å²) in [5.41, 5.74) is 1.35. The first kappa shape index (κ1) is 17.2. The molecule has 1 rings (SSSR count). The zero-order valence-corrected chi connectivity index (χ0v) is 13.0. The fraction of sp³-hybridized carbons (Fsp3) is 0.667. The van der Waals surface area contributed by atoms with Crippen molar-refractivity contribution in [3.05, 3.63) is 35.9 Å². The van der Waals surface area contributed by atoms with Gasteiger partial charge in [-0.3, -0.25) is 0 Å². The number of hydrogen-bond acceptors (Lipinski definition) is 2. The first-order valence-corrected chi connectivity index (χ1v) is 8.25. The SMILES string of the molecule is CCCCCCCCC(O)CNCCc1ccccc1. The molecule has 0 aliphatic rings. The Morgan fingerprint density at radius 1 is 1.00 bits per heavy atom. The van der Waals surface area contributed by atoms with Crippen LogP contribution in [-0.2, 0) is 6.42 Å². The number of benzene rings is 1. The summed E-state index contributed by atoms with van der Waals surface area (Å²) in [5, 5.41) is 13.2. The zero-order chi connectivity index (χ0) is 14.5. The Balaban J connectivity index is 1.91. The lowest BCUT2D eigenvalue weighted by atomic mass is 10.1. The van der Waals surface area contributed by atoms with Crippen LogP contribution >= 0.6 is 0 Å². The quantitative estimate of drug-likeness (QED) is 0.567. The Morgan fingerprint density at radius 2 is 1.70 bits per heavy atom. The first-order valence-electron chi connectivity index (χ1n) is 8.25. The van der Waals surface area contributed by atoms with Crippen LogP contribution in [0.1, 0.15) is 57.4 Å². The van der Waals surface area contributed by atoms with E-state index >= 15 is 0 Å². The van der Waals surface area contributed by atoms with Gasteiger partial charge in [-0.25, -0.2) is 0 Å². The molecule has 114 valence electrons. The van der Waals surface area contributed by atoms with Crippen LogP contribution in [0.4, 0.5) is 0 Å². The zero-order valence-electron chi connectivity index (χ0n) is 13.0. The highest BCUT2D eigenvalue weighted by molar-refractivity contribution is 5.14. The van der Waals surface area contributed by atoms with Crippen LogP contribution in [0.3, 0.4) is 0 Å². The Morgan fingerprint density at radius 3 is 2.45 bits per heavy atom. The fourth-order valence-electron chi connectivity index (χ4n) is 2.41. The maximum absolute atomic E-state index is 9.89. The van der Waals surface area contributed by atoms with Gasteiger partial charge in [-0.05, 0) is 24.9 Å². The van der Waals surface area contributed by atoms with Crippen LogP contribution in [0.25, 0.3) is 0 Å². The third kappa shape index (κ3) is 9.11. The normalized spacial score (nSPS) is 12.5. The molecule has 1 aromatic rings. The molecule has 0 saturated carbocycles. The van der Waals surface area contributed by atoms with Crippen molar-refractivity contribution < 1.29 is 5.11 Å². The molecule has 20 heavy (non-hydrogen) atoms. The largest absolute Gasteiger partial charge is 0.392 e. The van der Waals surface area contributed by atoms with Crippen molar-refractivity contribution in [2.24, 2.45) is 0 Å². The third-order valence-corrected chi connectivity index (χ3v) is 3.70. The van der Waals surface area contributed by atoms with E-state index in [4.69, 9.17) is 0 Å². The summed E-state index contributed by atoms with van der Waals surface area (Å²) >= 11 is 0. The molecule has 0 heterocycles. The van der Waals surface area contributed by atoms with Crippen molar-refractivity contribution >= 4 is 0 Å². The lowest BCUT2D eigenvalue weighted by Crippen LogP contribution is -2.28. The summed E-state index contributed by atoms with van der Waals surface area (Å²) in [5.74, 6) is 0. The van der Waals surface area contributed by atoms with Gasteiger partial charge in [0.1, 0.15) is 0 Å². The number of rotatable bonds is 12. The number of hydrogen-bond donors (Lipinski definition) is 2. The summed E-state index contributed by atoms with van der Waals surface area (Å²) < 4.78 is 0. The second-order valence-corrected chi connectivity index (χ2v) is 5.65. The molecule has 0 bridgehead atoms. The molecule has 1 aromatic carbocycles. The molecule has 0 radical (unpaired) electrons. The summed E-state index contributed by atoms with van der Waals surface area (Å²) in [6.45, 7) is 3.91. The predicted octanol–water partition coefficient (Wildman–Crippen LogP) is 3.93. The van der Waals surface area contributed by atoms with Gasteiger partial charge in [0.05, 0.1) is 6.10 Å². The van der Waals surface area contributed by atoms with Crippen molar-refractivity contribution in [2.75, 3.05) is 13.1 Å². The predicted molar refractivity (Wildman–Crippen MR) is 87.0 cm³/mol. The molecule has 1 unspecified atom stereocenters. The van der Waals surface area contributed by atoms with Crippen molar-refractivity contribution in [1.29, 1.82) is 0 Å². The van der Waals surface area contributed by atoms with E-state index in [0.29, 0.717) is 0 Å². The average molecular weight is 277 g/mol. The minimum absolute atomic E-state index is 0.183. The number of nitrogens with one attached hydrogen (secondary N) is 1. The number of unbranched alkanes of at least 4 members (excludes halogenated alkanes) is 5. The molecule has 0 amide bonds. The summed E-state index contributed by atoms with van der Waals surface area (Å²) in [4.78, 5) is 0. The third-order valence-electron chi connectivity index (χ3n) is 3.70. The first-order chi connectivity index (χ1) is 9.83. The van der Waals surface area contributed by atoms with Gasteiger partial charge >= 0.3 is 0 Å². The molecular formula is C18H31NO. The Kier molecular flexibility index (Phi) is 10.3. The Hall–Kier alpha value is -0.860. The van der Waals surface area contributed by atoms with E-state index in [1.807, 2.05) is 6.07 Å². The minimum atomic E-state index is -0.183. The molecular weight excluding hydrogens is 246 g/mol. The monoisotopic (exact) mass is 277 g/mol. The Labute approximate surface area is 124 Å². The van der Waals surface area contributed by atoms with E-state index in [9.17, 15) is 5.11 Å². The van der Waals surface area contributed by atoms with Gasteiger partial charge in [0.2, 0.25) is 0 Å². The van der Waals surface area contributed by atoms with Crippen LogP contribution in [0.15, 0.2) is 30.3 Å². The highest BCUT2D eigenvalue weighted by atomic mass is 16.3. The summed E-state index contributed by atoms with van der Waals surface area (Å²) in [7, 11) is 0. The molecule has 0 fully saturated rings. The molecule has 0 aliphatic heterocycles. The lowest BCUT2D eigenvalue weighted by Gasteiger charge is -2.11. The van der Waals surface area contributed by atoms with E-state index in [2.05, 4.69) is 36.5 Å². The van der Waals surface area contributed by atoms with Gasteiger partial charge in [0.25, 0.3) is 0 Å². The molecule has 0 spiro atoms. The van der Waals surface area contributed by atoms with Crippen LogP contribution < -0.4 is 5.32 Å². The van der Waals surface area contributed by atoms with Crippen molar-refractivity contribution in [2.45, 2.75) is 64.4 Å². The lowest BCUT2D eigenvalue weighted by molar-refractivity contribution is 0.158. The maximum Gasteiger partial charge on any atom is 0.0664 e. The molecule has 0 aromatic heterocycles. The number of aliphatic hydroxyl groups is 1. The summed E-state index contributed by atoms with van der Waals surface area (Å²) in [6, 6.07) is 10.5. The average Bonchev–Trinajstić information content (AvgIpc) is 2.48. The van der Waals surface area contributed by atoms with Gasteiger partial charge in [0.15, 0.2) is 0 Å². The fourth-order valence-corrected chi connectivity index (χ4v) is 2.41. The number of aliphatic hydroxyl groups excluding tert-OH is 1. The van der Waals surface area contributed by atoms with Gasteiger partial charge < -0.3 is 10.4 Å². The van der Waals surface area contributed by atoms with E-state index < -0.39 is 0 Å². The van der Waals surface area contributed by atoms with Gasteiger partial charge in [0, 0.05) is 6.54 Å². The van der Waals surface area contributed by atoms with Gasteiger partial charge in [-0.2, -0.15) is 0 Å². The minimum Gasteiger partial charge on any atom is -0.392 e. The Bertz CT molecular complexity index is 312. The van der Waals surface area contributed by atoms with E-state index in [1.54, 1.807) is 0 Å². The van der Waals surface area contributed by atoms with Crippen molar-refractivity contribution in [1.82, 2.24) is 5.32 Å². The molecule has 0 saturated heterocycles. The molecule has 2 N–H and O–H groups in total. The standard InChI is InChI=1S/C18H31NO/c1-2-3-4-5-6-10-13-18(20)16-19-15-14-17-11-8-7-9-12-17/h7-9,11-12,18-20H,2-6,10,13-16H2,1H3. The van der Waals surface area contributed by atoms with Crippen LogP contribution in [0.2, 0.25) is 0 Å². The molecule has 1 atom stereocenters. The van der Waals surface area contributed by atoms with Crippen LogP contribution in [0, 0.1) is 0 Å². The smallest absolute Gasteiger partial charge is 0.0664 e. The maximum atomic E-state index is 9.89. The van der Waals surface area contributed by atoms with E-state index in [0.717, 1.165) is 32.4 Å². The molecule has 2 heteroatoms. The van der Waals surface area contributed by atoms with E-state index in [-0.39, 0.29) is 6.10 Å². The van der Waals surface area contributed by atoms with E-state index in [1.165, 1.54) is 37.7 Å². The topological polar surface area (TPSA) is 32.3 Å². The molecule has 0 aliphatic carbocycles. The summed E-state index contributed by atoms with van der Waals surface area (Å²) in [6.07, 6.45) is 9.53. The second kappa shape index (κ2) is 11.9. The second-order valence-electron chi connectivity index (χ2n) is 5.65. The van der Waals surface area contributed by atoms with Crippen molar-refractivity contribution in [3.63, 3.8) is 0 Å². The van der Waals surface area contributed by atoms with Gasteiger partial charge in [-0.15, -0.1) is 0 Å². The highest BCUT2D eigenvalue weighted by Crippen LogP contribution is 2.08. The van der Waals surface area contributed by atoms with Crippen LogP contribution in [-0.4, -0.2) is 24.3 Å². The highest BCUT2D eigenvalue weighted by Gasteiger charge is 2.03. The van der Waals surface area contributed by atoms with Crippen LogP contribution in [0.5, 0.6) is 0 Å².